The van der Waals surface area contributed by atoms with Gasteiger partial charge in [-0.2, -0.15) is 0 Å². The molecule has 4 aromatic heterocycles. The van der Waals surface area contributed by atoms with Crippen molar-refractivity contribution >= 4 is 67.0 Å². The molecule has 0 N–H and O–H groups in total. The summed E-state index contributed by atoms with van der Waals surface area (Å²) in [5.74, 6) is 0.985. The quantitative estimate of drug-likeness (QED) is 0.180. The van der Waals surface area contributed by atoms with Gasteiger partial charge in [0.1, 0.15) is 5.82 Å². The van der Waals surface area contributed by atoms with Gasteiger partial charge in [-0.1, -0.05) is 78.9 Å². The highest BCUT2D eigenvalue weighted by Gasteiger charge is 2.38. The van der Waals surface area contributed by atoms with Gasteiger partial charge in [0, 0.05) is 39.5 Å². The first-order chi connectivity index (χ1) is 24.8. The Morgan fingerprint density at radius 2 is 1.58 bits per heavy atom. The zero-order valence-corrected chi connectivity index (χ0v) is 26.9. The first-order valence-electron chi connectivity index (χ1n) is 17.2. The topological polar surface area (TPSA) is 46.8 Å². The van der Waals surface area contributed by atoms with Crippen molar-refractivity contribution in [1.82, 2.24) is 19.5 Å². The van der Waals surface area contributed by atoms with Gasteiger partial charge < -0.3 is 9.47 Å². The molecule has 3 aliphatic rings. The lowest BCUT2D eigenvalue weighted by atomic mass is 9.83. The third kappa shape index (κ3) is 3.38. The molecule has 0 radical (unpaired) electrons. The second kappa shape index (κ2) is 9.52. The standard InChI is InChI=1S/C45H27N5/c1-2-6-26(7-3-1)29-19-21-46-33(23-29)31-10-9-30-22-32(25-48-34(30)24-31)49-35-15-11-27-13-17-37-44-40(27)42(35)43-36(49)16-12-28-14-18-38(45(44)41(28)43)50(37)39-8-4-5-20-47-39/h1-11,13-25,37H,12H2. The average Bonchev–Trinajstić information content (AvgIpc) is 3.72. The number of nitrogens with zero attached hydrogens (tertiary/aromatic N) is 5. The van der Waals surface area contributed by atoms with Crippen LogP contribution in [0.2, 0.25) is 0 Å². The van der Waals surface area contributed by atoms with Gasteiger partial charge in [0.25, 0.3) is 0 Å². The number of hydrogen-bond donors (Lipinski definition) is 0. The van der Waals surface area contributed by atoms with E-state index in [2.05, 4.69) is 125 Å². The van der Waals surface area contributed by atoms with Crippen LogP contribution in [0.15, 0.2) is 134 Å². The maximum absolute atomic E-state index is 5.07. The van der Waals surface area contributed by atoms with Gasteiger partial charge >= 0.3 is 0 Å². The van der Waals surface area contributed by atoms with Gasteiger partial charge in [-0.3, -0.25) is 9.97 Å². The van der Waals surface area contributed by atoms with Crippen LogP contribution >= 0.6 is 0 Å². The van der Waals surface area contributed by atoms with Crippen molar-refractivity contribution in [2.75, 3.05) is 4.90 Å². The van der Waals surface area contributed by atoms with E-state index < -0.39 is 0 Å². The lowest BCUT2D eigenvalue weighted by molar-refractivity contribution is 0.877. The normalized spacial score (nSPS) is 15.4. The van der Waals surface area contributed by atoms with Crippen LogP contribution in [0.5, 0.6) is 0 Å². The lowest BCUT2D eigenvalue weighted by Crippen LogP contribution is -2.19. The molecule has 9 aromatic rings. The monoisotopic (exact) mass is 637 g/mol. The Labute approximate surface area is 287 Å². The molecule has 50 heavy (non-hydrogen) atoms. The predicted octanol–water partition coefficient (Wildman–Crippen LogP) is 9.88. The molecule has 0 bridgehead atoms. The van der Waals surface area contributed by atoms with Crippen molar-refractivity contribution in [2.45, 2.75) is 12.5 Å². The Balaban J connectivity index is 1.06. The van der Waals surface area contributed by atoms with Crippen LogP contribution in [0.1, 0.15) is 22.7 Å². The molecule has 5 nitrogen and oxygen atoms in total. The number of fused-ring (bicyclic) bond motifs is 1. The molecule has 1 atom stereocenters. The number of benzene rings is 5. The molecule has 232 valence electrons. The van der Waals surface area contributed by atoms with E-state index in [4.69, 9.17) is 15.0 Å². The molecule has 5 heteroatoms. The first kappa shape index (κ1) is 26.4. The summed E-state index contributed by atoms with van der Waals surface area (Å²) in [4.78, 5) is 17.0. The molecular formula is C45H27N5. The fourth-order valence-electron chi connectivity index (χ4n) is 8.97. The van der Waals surface area contributed by atoms with E-state index in [1.54, 1.807) is 0 Å². The summed E-state index contributed by atoms with van der Waals surface area (Å²) in [6.45, 7) is 0. The van der Waals surface area contributed by atoms with Crippen LogP contribution in [-0.4, -0.2) is 19.5 Å². The maximum Gasteiger partial charge on any atom is 0.133 e. The highest BCUT2D eigenvalue weighted by atomic mass is 15.2. The lowest BCUT2D eigenvalue weighted by Gasteiger charge is -2.27. The summed E-state index contributed by atoms with van der Waals surface area (Å²) >= 11 is 0. The highest BCUT2D eigenvalue weighted by molar-refractivity contribution is 6.30. The third-order valence-electron chi connectivity index (χ3n) is 11.1. The number of anilines is 2. The molecule has 1 aliphatic heterocycles. The molecule has 12 rings (SSSR count). The summed E-state index contributed by atoms with van der Waals surface area (Å²) in [7, 11) is 0. The van der Waals surface area contributed by atoms with Crippen molar-refractivity contribution < 1.29 is 0 Å². The summed E-state index contributed by atoms with van der Waals surface area (Å²) < 4.78 is 2.45. The molecule has 1 unspecified atom stereocenters. The Morgan fingerprint density at radius 1 is 0.640 bits per heavy atom. The first-order valence-corrected chi connectivity index (χ1v) is 17.2. The summed E-state index contributed by atoms with van der Waals surface area (Å²) in [5, 5.41) is 9.22. The Morgan fingerprint density at radius 3 is 2.50 bits per heavy atom. The van der Waals surface area contributed by atoms with E-state index in [1.165, 1.54) is 65.7 Å². The van der Waals surface area contributed by atoms with E-state index >= 15 is 0 Å². The molecule has 0 fully saturated rings. The predicted molar refractivity (Wildman–Crippen MR) is 204 cm³/mol. The van der Waals surface area contributed by atoms with Gasteiger partial charge in [0.2, 0.25) is 0 Å². The zero-order chi connectivity index (χ0) is 32.5. The van der Waals surface area contributed by atoms with Crippen LogP contribution in [0.3, 0.4) is 0 Å². The molecule has 0 saturated heterocycles. The van der Waals surface area contributed by atoms with Gasteiger partial charge in [-0.15, -0.1) is 0 Å². The van der Waals surface area contributed by atoms with E-state index in [-0.39, 0.29) is 6.04 Å². The second-order valence-electron chi connectivity index (χ2n) is 13.6. The van der Waals surface area contributed by atoms with Crippen molar-refractivity contribution in [2.24, 2.45) is 0 Å². The molecular weight excluding hydrogens is 611 g/mol. The average molecular weight is 638 g/mol. The second-order valence-corrected chi connectivity index (χ2v) is 13.6. The van der Waals surface area contributed by atoms with E-state index in [0.717, 1.165) is 45.6 Å². The fourth-order valence-corrected chi connectivity index (χ4v) is 8.97. The minimum Gasteiger partial charge on any atom is -0.315 e. The highest BCUT2D eigenvalue weighted by Crippen LogP contribution is 2.56. The minimum atomic E-state index is 0.106. The Bertz CT molecular complexity index is 3010. The van der Waals surface area contributed by atoms with Crippen molar-refractivity contribution in [3.05, 3.63) is 156 Å². The third-order valence-corrected chi connectivity index (χ3v) is 11.1. The van der Waals surface area contributed by atoms with E-state index in [0.29, 0.717) is 0 Å². The maximum atomic E-state index is 5.07. The number of hydrogen-bond acceptors (Lipinski definition) is 4. The van der Waals surface area contributed by atoms with Crippen LogP contribution in [0.25, 0.3) is 83.6 Å². The van der Waals surface area contributed by atoms with Gasteiger partial charge in [0.05, 0.1) is 45.7 Å². The Kier molecular flexibility index (Phi) is 5.02. The molecule has 0 amide bonds. The van der Waals surface area contributed by atoms with Crippen LogP contribution < -0.4 is 10.2 Å². The van der Waals surface area contributed by atoms with Crippen molar-refractivity contribution in [3.8, 4) is 28.1 Å². The van der Waals surface area contributed by atoms with Gasteiger partial charge in [-0.05, 0) is 93.5 Å². The SMILES string of the molecule is C1=CC2c3c4c(ccc5c4c4c(n(-c6cnc7cc(-c8cc(-c9ccccc9)ccn8)ccc7c6)c6ccc1c3c46)=CC5)N2c1ccccn1. The van der Waals surface area contributed by atoms with Gasteiger partial charge in [-0.25, -0.2) is 4.98 Å². The van der Waals surface area contributed by atoms with E-state index in [1.807, 2.05) is 30.7 Å². The summed E-state index contributed by atoms with van der Waals surface area (Å²) in [6.07, 6.45) is 13.8. The molecule has 5 aromatic carbocycles. The van der Waals surface area contributed by atoms with E-state index in [9.17, 15) is 0 Å². The van der Waals surface area contributed by atoms with Crippen LogP contribution in [0.4, 0.5) is 11.5 Å². The number of rotatable bonds is 4. The molecule has 2 aliphatic carbocycles. The summed E-state index contributed by atoms with van der Waals surface area (Å²) in [6, 6.07) is 39.1. The van der Waals surface area contributed by atoms with Crippen molar-refractivity contribution in [3.63, 3.8) is 0 Å². The molecule has 0 spiro atoms. The number of pyridine rings is 3. The van der Waals surface area contributed by atoms with Gasteiger partial charge in [0.15, 0.2) is 0 Å². The van der Waals surface area contributed by atoms with Crippen molar-refractivity contribution in [1.29, 1.82) is 0 Å². The molecule has 5 heterocycles. The smallest absolute Gasteiger partial charge is 0.133 e. The molecule has 0 saturated carbocycles. The Hall–Kier alpha value is -6.59. The van der Waals surface area contributed by atoms with Crippen LogP contribution in [0, 0.1) is 0 Å². The number of aromatic nitrogens is 4. The summed E-state index contributed by atoms with van der Waals surface area (Å²) in [5.41, 5.74) is 12.9. The van der Waals surface area contributed by atoms with Crippen LogP contribution in [-0.2, 0) is 6.42 Å². The minimum absolute atomic E-state index is 0.106. The zero-order valence-electron chi connectivity index (χ0n) is 26.9. The fraction of sp³-hybridized carbons (Fsp3) is 0.0444. The largest absolute Gasteiger partial charge is 0.315 e.